The van der Waals surface area contributed by atoms with Gasteiger partial charge in [-0.25, -0.2) is 0 Å². The number of rotatable bonds is 6. The summed E-state index contributed by atoms with van der Waals surface area (Å²) in [5, 5.41) is 3.60. The molecule has 0 aliphatic carbocycles. The van der Waals surface area contributed by atoms with Crippen molar-refractivity contribution in [2.45, 2.75) is 32.4 Å². The van der Waals surface area contributed by atoms with Gasteiger partial charge in [0.15, 0.2) is 0 Å². The molecule has 1 N–H and O–H groups in total. The van der Waals surface area contributed by atoms with Crippen LogP contribution in [-0.2, 0) is 6.54 Å². The maximum absolute atomic E-state index is 5.18. The lowest BCUT2D eigenvalue weighted by molar-refractivity contribution is 0.320. The zero-order valence-corrected chi connectivity index (χ0v) is 11.5. The maximum Gasteiger partial charge on any atom is 0.118 e. The van der Waals surface area contributed by atoms with Crippen molar-refractivity contribution in [3.05, 3.63) is 29.8 Å². The van der Waals surface area contributed by atoms with E-state index in [1.807, 2.05) is 12.1 Å². The lowest BCUT2D eigenvalue weighted by Gasteiger charge is -2.16. The van der Waals surface area contributed by atoms with Crippen molar-refractivity contribution in [2.24, 2.45) is 0 Å². The van der Waals surface area contributed by atoms with Crippen LogP contribution in [0, 0.1) is 0 Å². The van der Waals surface area contributed by atoms with Crippen LogP contribution in [0.3, 0.4) is 0 Å². The fourth-order valence-electron chi connectivity index (χ4n) is 2.48. The van der Waals surface area contributed by atoms with Crippen LogP contribution in [0.15, 0.2) is 24.3 Å². The summed E-state index contributed by atoms with van der Waals surface area (Å²) in [5.41, 5.74) is 1.37. The van der Waals surface area contributed by atoms with E-state index in [1.54, 1.807) is 7.11 Å². The van der Waals surface area contributed by atoms with Gasteiger partial charge in [0.25, 0.3) is 0 Å². The molecule has 3 heteroatoms. The number of hydrogen-bond acceptors (Lipinski definition) is 3. The molecule has 0 amide bonds. The number of benzene rings is 1. The molecule has 3 nitrogen and oxygen atoms in total. The van der Waals surface area contributed by atoms with Crippen molar-refractivity contribution in [1.29, 1.82) is 0 Å². The number of methoxy groups -OCH3 is 1. The Morgan fingerprint density at radius 3 is 2.78 bits per heavy atom. The zero-order valence-electron chi connectivity index (χ0n) is 11.5. The largest absolute Gasteiger partial charge is 0.497 e. The number of hydrogen-bond donors (Lipinski definition) is 1. The first-order valence-corrected chi connectivity index (χ1v) is 6.90. The zero-order chi connectivity index (χ0) is 12.8. The van der Waals surface area contributed by atoms with Gasteiger partial charge in [-0.1, -0.05) is 19.1 Å². The van der Waals surface area contributed by atoms with Gasteiger partial charge in [-0.3, -0.25) is 4.90 Å². The summed E-state index contributed by atoms with van der Waals surface area (Å²) in [7, 11) is 1.71. The molecule has 1 unspecified atom stereocenters. The molecule has 100 valence electrons. The SMILES string of the molecule is CCCNC1CCN(Cc2ccc(OC)cc2)C1. The molecule has 0 aromatic heterocycles. The van der Waals surface area contributed by atoms with E-state index in [0.717, 1.165) is 18.8 Å². The summed E-state index contributed by atoms with van der Waals surface area (Å²) in [6.45, 7) is 6.78. The van der Waals surface area contributed by atoms with Gasteiger partial charge < -0.3 is 10.1 Å². The minimum absolute atomic E-state index is 0.684. The van der Waals surface area contributed by atoms with E-state index >= 15 is 0 Å². The highest BCUT2D eigenvalue weighted by Gasteiger charge is 2.21. The van der Waals surface area contributed by atoms with Crippen molar-refractivity contribution in [3.8, 4) is 5.75 Å². The van der Waals surface area contributed by atoms with Gasteiger partial charge in [0.1, 0.15) is 5.75 Å². The van der Waals surface area contributed by atoms with E-state index in [-0.39, 0.29) is 0 Å². The number of ether oxygens (including phenoxy) is 1. The first-order chi connectivity index (χ1) is 8.81. The molecule has 1 fully saturated rings. The van der Waals surface area contributed by atoms with Gasteiger partial charge in [-0.15, -0.1) is 0 Å². The Morgan fingerprint density at radius 1 is 1.33 bits per heavy atom. The highest BCUT2D eigenvalue weighted by atomic mass is 16.5. The molecular weight excluding hydrogens is 224 g/mol. The summed E-state index contributed by atoms with van der Waals surface area (Å²) in [5.74, 6) is 0.933. The average Bonchev–Trinajstić information content (AvgIpc) is 2.85. The van der Waals surface area contributed by atoms with E-state index in [2.05, 4.69) is 29.3 Å². The summed E-state index contributed by atoms with van der Waals surface area (Å²) >= 11 is 0. The van der Waals surface area contributed by atoms with Crippen LogP contribution in [0.1, 0.15) is 25.3 Å². The van der Waals surface area contributed by atoms with Crippen LogP contribution in [0.5, 0.6) is 5.75 Å². The molecule has 0 radical (unpaired) electrons. The van der Waals surface area contributed by atoms with Crippen molar-refractivity contribution >= 4 is 0 Å². The summed E-state index contributed by atoms with van der Waals surface area (Å²) in [6.07, 6.45) is 2.49. The average molecular weight is 248 g/mol. The fraction of sp³-hybridized carbons (Fsp3) is 0.600. The molecule has 2 rings (SSSR count). The second-order valence-electron chi connectivity index (χ2n) is 5.02. The standard InChI is InChI=1S/C15H24N2O/c1-3-9-16-14-8-10-17(12-14)11-13-4-6-15(18-2)7-5-13/h4-7,14,16H,3,8-12H2,1-2H3. The predicted molar refractivity (Wildman–Crippen MR) is 75.0 cm³/mol. The van der Waals surface area contributed by atoms with Crippen molar-refractivity contribution in [1.82, 2.24) is 10.2 Å². The van der Waals surface area contributed by atoms with Crippen LogP contribution in [0.4, 0.5) is 0 Å². The summed E-state index contributed by atoms with van der Waals surface area (Å²) in [4.78, 5) is 2.52. The Hall–Kier alpha value is -1.06. The normalized spacial score (nSPS) is 20.2. The summed E-state index contributed by atoms with van der Waals surface area (Å²) < 4.78 is 5.18. The Morgan fingerprint density at radius 2 is 2.11 bits per heavy atom. The van der Waals surface area contributed by atoms with Crippen molar-refractivity contribution < 1.29 is 4.74 Å². The minimum atomic E-state index is 0.684. The second kappa shape index (κ2) is 6.76. The number of nitrogens with zero attached hydrogens (tertiary/aromatic N) is 1. The van der Waals surface area contributed by atoms with Crippen molar-refractivity contribution in [2.75, 3.05) is 26.7 Å². The van der Waals surface area contributed by atoms with Gasteiger partial charge in [-0.2, -0.15) is 0 Å². The smallest absolute Gasteiger partial charge is 0.118 e. The highest BCUT2D eigenvalue weighted by Crippen LogP contribution is 2.16. The number of nitrogens with one attached hydrogen (secondary N) is 1. The molecule has 0 saturated carbocycles. The van der Waals surface area contributed by atoms with Gasteiger partial charge in [0.2, 0.25) is 0 Å². The predicted octanol–water partition coefficient (Wildman–Crippen LogP) is 2.27. The molecule has 1 aliphatic rings. The molecule has 1 aromatic carbocycles. The quantitative estimate of drug-likeness (QED) is 0.836. The van der Waals surface area contributed by atoms with Crippen LogP contribution in [-0.4, -0.2) is 37.7 Å². The third-order valence-corrected chi connectivity index (χ3v) is 3.52. The highest BCUT2D eigenvalue weighted by molar-refractivity contribution is 5.27. The Kier molecular flexibility index (Phi) is 5.02. The van der Waals surface area contributed by atoms with E-state index in [1.165, 1.54) is 31.5 Å². The van der Waals surface area contributed by atoms with Gasteiger partial charge >= 0.3 is 0 Å². The molecule has 1 aliphatic heterocycles. The Bertz CT molecular complexity index is 350. The maximum atomic E-state index is 5.18. The molecule has 1 atom stereocenters. The Balaban J connectivity index is 1.79. The van der Waals surface area contributed by atoms with Gasteiger partial charge in [0.05, 0.1) is 7.11 Å². The monoisotopic (exact) mass is 248 g/mol. The van der Waals surface area contributed by atoms with Gasteiger partial charge in [-0.05, 0) is 37.1 Å². The van der Waals surface area contributed by atoms with E-state index < -0.39 is 0 Å². The lowest BCUT2D eigenvalue weighted by atomic mass is 10.2. The van der Waals surface area contributed by atoms with Crippen LogP contribution >= 0.6 is 0 Å². The van der Waals surface area contributed by atoms with Crippen LogP contribution in [0.2, 0.25) is 0 Å². The second-order valence-corrected chi connectivity index (χ2v) is 5.02. The molecule has 1 saturated heterocycles. The molecule has 1 heterocycles. The minimum Gasteiger partial charge on any atom is -0.497 e. The fourth-order valence-corrected chi connectivity index (χ4v) is 2.48. The molecule has 0 bridgehead atoms. The molecular formula is C15H24N2O. The van der Waals surface area contributed by atoms with E-state index in [4.69, 9.17) is 4.74 Å². The van der Waals surface area contributed by atoms with Crippen molar-refractivity contribution in [3.63, 3.8) is 0 Å². The first-order valence-electron chi connectivity index (χ1n) is 6.90. The van der Waals surface area contributed by atoms with Gasteiger partial charge in [0, 0.05) is 25.7 Å². The van der Waals surface area contributed by atoms with Crippen LogP contribution in [0.25, 0.3) is 0 Å². The third-order valence-electron chi connectivity index (χ3n) is 3.52. The summed E-state index contributed by atoms with van der Waals surface area (Å²) in [6, 6.07) is 9.08. The molecule has 1 aromatic rings. The van der Waals surface area contributed by atoms with E-state index in [9.17, 15) is 0 Å². The Labute approximate surface area is 110 Å². The van der Waals surface area contributed by atoms with Crippen LogP contribution < -0.4 is 10.1 Å². The van der Waals surface area contributed by atoms with E-state index in [0.29, 0.717) is 6.04 Å². The molecule has 18 heavy (non-hydrogen) atoms. The molecule has 0 spiro atoms. The lowest BCUT2D eigenvalue weighted by Crippen LogP contribution is -2.32. The third kappa shape index (κ3) is 3.72. The first kappa shape index (κ1) is 13.4. The number of likely N-dealkylation sites (tertiary alicyclic amines) is 1. The topological polar surface area (TPSA) is 24.5 Å².